The van der Waals surface area contributed by atoms with Gasteiger partial charge in [0, 0.05) is 0 Å². The Labute approximate surface area is 122 Å². The largest absolute Gasteiger partial charge is 0.478 e. The molecule has 0 unspecified atom stereocenters. The molecule has 0 amide bonds. The van der Waals surface area contributed by atoms with E-state index < -0.39 is 29.2 Å². The van der Waals surface area contributed by atoms with Crippen molar-refractivity contribution in [2.45, 2.75) is 6.18 Å². The zero-order valence-corrected chi connectivity index (χ0v) is 10.9. The number of rotatable bonds is 3. The van der Waals surface area contributed by atoms with Crippen molar-refractivity contribution in [1.82, 2.24) is 0 Å². The van der Waals surface area contributed by atoms with Crippen molar-refractivity contribution < 1.29 is 33.0 Å². The number of aromatic carboxylic acids is 2. The number of carboxylic acids is 2. The molecule has 2 N–H and O–H groups in total. The molecule has 0 aromatic heterocycles. The highest BCUT2D eigenvalue weighted by Crippen LogP contribution is 2.33. The Morgan fingerprint density at radius 2 is 1.32 bits per heavy atom. The Balaban J connectivity index is 2.56. The summed E-state index contributed by atoms with van der Waals surface area (Å²) in [6.45, 7) is 0. The van der Waals surface area contributed by atoms with Crippen molar-refractivity contribution in [1.29, 1.82) is 0 Å². The van der Waals surface area contributed by atoms with E-state index >= 15 is 0 Å². The molecule has 0 spiro atoms. The molecule has 0 heterocycles. The average molecular weight is 310 g/mol. The molecule has 0 aliphatic heterocycles. The molecule has 2 aromatic rings. The maximum Gasteiger partial charge on any atom is 0.416 e. The predicted molar refractivity (Wildman–Crippen MR) is 70.8 cm³/mol. The third-order valence-electron chi connectivity index (χ3n) is 2.97. The highest BCUT2D eigenvalue weighted by Gasteiger charge is 2.31. The van der Waals surface area contributed by atoms with Crippen LogP contribution >= 0.6 is 0 Å². The highest BCUT2D eigenvalue weighted by molar-refractivity contribution is 5.91. The summed E-state index contributed by atoms with van der Waals surface area (Å²) in [6, 6.07) is 7.60. The number of carboxylic acid groups (broad SMARTS) is 2. The summed E-state index contributed by atoms with van der Waals surface area (Å²) in [5.41, 5.74) is -1.26. The summed E-state index contributed by atoms with van der Waals surface area (Å²) in [5, 5.41) is 17.7. The minimum atomic E-state index is -4.68. The summed E-state index contributed by atoms with van der Waals surface area (Å²) in [7, 11) is 0. The molecule has 2 aromatic carbocycles. The van der Waals surface area contributed by atoms with Crippen LogP contribution < -0.4 is 0 Å². The van der Waals surface area contributed by atoms with Gasteiger partial charge in [-0.2, -0.15) is 13.2 Å². The van der Waals surface area contributed by atoms with E-state index in [0.717, 1.165) is 12.1 Å². The van der Waals surface area contributed by atoms with Crippen LogP contribution in [0.15, 0.2) is 42.5 Å². The second-order valence-electron chi connectivity index (χ2n) is 4.48. The van der Waals surface area contributed by atoms with Crippen LogP contribution in [0.1, 0.15) is 26.3 Å². The summed E-state index contributed by atoms with van der Waals surface area (Å²) in [5.74, 6) is -2.64. The highest BCUT2D eigenvalue weighted by atomic mass is 19.4. The topological polar surface area (TPSA) is 74.6 Å². The van der Waals surface area contributed by atoms with Gasteiger partial charge < -0.3 is 10.2 Å². The molecular formula is C15H9F3O4. The van der Waals surface area contributed by atoms with Gasteiger partial charge in [0.25, 0.3) is 0 Å². The van der Waals surface area contributed by atoms with Gasteiger partial charge in [-0.3, -0.25) is 0 Å². The quantitative estimate of drug-likeness (QED) is 0.905. The Kier molecular flexibility index (Phi) is 3.90. The van der Waals surface area contributed by atoms with Crippen LogP contribution in [0.2, 0.25) is 0 Å². The first kappa shape index (κ1) is 15.6. The molecule has 0 saturated carbocycles. The monoisotopic (exact) mass is 310 g/mol. The summed E-state index contributed by atoms with van der Waals surface area (Å²) in [6.07, 6.45) is -4.68. The lowest BCUT2D eigenvalue weighted by Gasteiger charge is -2.11. The Hall–Kier alpha value is -2.83. The molecule has 0 atom stereocenters. The molecule has 0 saturated heterocycles. The van der Waals surface area contributed by atoms with Gasteiger partial charge in [0.15, 0.2) is 0 Å². The lowest BCUT2D eigenvalue weighted by atomic mass is 9.98. The minimum Gasteiger partial charge on any atom is -0.478 e. The molecule has 0 fully saturated rings. The lowest BCUT2D eigenvalue weighted by molar-refractivity contribution is -0.137. The van der Waals surface area contributed by atoms with Crippen molar-refractivity contribution >= 4 is 11.9 Å². The first-order valence-electron chi connectivity index (χ1n) is 5.98. The Morgan fingerprint density at radius 3 is 1.77 bits per heavy atom. The fourth-order valence-electron chi connectivity index (χ4n) is 1.89. The van der Waals surface area contributed by atoms with E-state index in [2.05, 4.69) is 0 Å². The number of hydrogen-bond acceptors (Lipinski definition) is 2. The van der Waals surface area contributed by atoms with Crippen LogP contribution in [0, 0.1) is 0 Å². The van der Waals surface area contributed by atoms with Gasteiger partial charge in [0.05, 0.1) is 16.7 Å². The predicted octanol–water partition coefficient (Wildman–Crippen LogP) is 3.77. The maximum absolute atomic E-state index is 12.8. The first-order valence-corrected chi connectivity index (χ1v) is 5.98. The first-order chi connectivity index (χ1) is 10.2. The van der Waals surface area contributed by atoms with E-state index in [-0.39, 0.29) is 11.1 Å². The molecule has 4 nitrogen and oxygen atoms in total. The van der Waals surface area contributed by atoms with Gasteiger partial charge in [0.1, 0.15) is 0 Å². The van der Waals surface area contributed by atoms with E-state index in [0.29, 0.717) is 11.6 Å². The maximum atomic E-state index is 12.8. The zero-order chi connectivity index (χ0) is 16.5. The van der Waals surface area contributed by atoms with Crippen molar-refractivity contribution in [3.63, 3.8) is 0 Å². The molecule has 22 heavy (non-hydrogen) atoms. The summed E-state index contributed by atoms with van der Waals surface area (Å²) < 4.78 is 38.5. The van der Waals surface area contributed by atoms with Gasteiger partial charge in [-0.15, -0.1) is 0 Å². The Morgan fingerprint density at radius 1 is 0.773 bits per heavy atom. The smallest absolute Gasteiger partial charge is 0.416 e. The van der Waals surface area contributed by atoms with Crippen LogP contribution in [-0.2, 0) is 6.18 Å². The number of hydrogen-bond donors (Lipinski definition) is 2. The van der Waals surface area contributed by atoms with Crippen molar-refractivity contribution in [2.24, 2.45) is 0 Å². The van der Waals surface area contributed by atoms with Gasteiger partial charge >= 0.3 is 18.1 Å². The van der Waals surface area contributed by atoms with E-state index in [1.165, 1.54) is 24.3 Å². The molecule has 7 heteroatoms. The van der Waals surface area contributed by atoms with E-state index in [1.54, 1.807) is 0 Å². The number of alkyl halides is 3. The van der Waals surface area contributed by atoms with Crippen molar-refractivity contribution in [3.05, 3.63) is 59.2 Å². The molecule has 0 radical (unpaired) electrons. The van der Waals surface area contributed by atoms with Crippen LogP contribution in [0.4, 0.5) is 13.2 Å². The third-order valence-corrected chi connectivity index (χ3v) is 2.97. The lowest BCUT2D eigenvalue weighted by Crippen LogP contribution is -2.08. The van der Waals surface area contributed by atoms with Crippen LogP contribution in [0.3, 0.4) is 0 Å². The van der Waals surface area contributed by atoms with Gasteiger partial charge in [-0.25, -0.2) is 9.59 Å². The van der Waals surface area contributed by atoms with Crippen LogP contribution in [0.5, 0.6) is 0 Å². The van der Waals surface area contributed by atoms with Crippen molar-refractivity contribution in [2.75, 3.05) is 0 Å². The van der Waals surface area contributed by atoms with Gasteiger partial charge in [-0.1, -0.05) is 12.1 Å². The van der Waals surface area contributed by atoms with E-state index in [4.69, 9.17) is 10.2 Å². The second-order valence-corrected chi connectivity index (χ2v) is 4.48. The zero-order valence-electron chi connectivity index (χ0n) is 10.9. The average Bonchev–Trinajstić information content (AvgIpc) is 2.46. The number of benzene rings is 2. The molecular weight excluding hydrogens is 301 g/mol. The summed E-state index contributed by atoms with van der Waals surface area (Å²) in [4.78, 5) is 21.7. The van der Waals surface area contributed by atoms with E-state index in [9.17, 15) is 22.8 Å². The molecule has 0 bridgehead atoms. The molecule has 2 rings (SSSR count). The van der Waals surface area contributed by atoms with Crippen molar-refractivity contribution in [3.8, 4) is 11.1 Å². The van der Waals surface area contributed by atoms with Gasteiger partial charge in [0.2, 0.25) is 0 Å². The number of carbonyl (C=O) groups is 2. The standard InChI is InChI=1S/C15H9F3O4/c16-15(17,18)12-6-10(5-11(7-12)14(21)22)8-1-3-9(4-2-8)13(19)20/h1-7H,(H,19,20)(H,21,22). The van der Waals surface area contributed by atoms with Gasteiger partial charge in [-0.05, 0) is 41.5 Å². The van der Waals surface area contributed by atoms with Crippen LogP contribution in [0.25, 0.3) is 11.1 Å². The van der Waals surface area contributed by atoms with Crippen LogP contribution in [-0.4, -0.2) is 22.2 Å². The normalized spacial score (nSPS) is 11.2. The third kappa shape index (κ3) is 3.25. The molecule has 0 aliphatic carbocycles. The fourth-order valence-corrected chi connectivity index (χ4v) is 1.89. The minimum absolute atomic E-state index is 0.0193. The SMILES string of the molecule is O=C(O)c1ccc(-c2cc(C(=O)O)cc(C(F)(F)F)c2)cc1. The fraction of sp³-hybridized carbons (Fsp3) is 0.0667. The van der Waals surface area contributed by atoms with E-state index in [1.807, 2.05) is 0 Å². The summed E-state index contributed by atoms with van der Waals surface area (Å²) >= 11 is 0. The second kappa shape index (κ2) is 5.51. The molecule has 114 valence electrons. The number of halogens is 3. The Bertz CT molecular complexity index is 733. The molecule has 0 aliphatic rings.